The summed E-state index contributed by atoms with van der Waals surface area (Å²) in [5.74, 6) is -0.239. The fraction of sp³-hybridized carbons (Fsp3) is 0.833. The van der Waals surface area contributed by atoms with Gasteiger partial charge in [0.25, 0.3) is 0 Å². The van der Waals surface area contributed by atoms with Crippen LogP contribution in [0.4, 0.5) is 4.79 Å². The topological polar surface area (TPSA) is 50.8 Å². The Kier molecular flexibility index (Phi) is 5.59. The average Bonchev–Trinajstić information content (AvgIpc) is 3.04. The molecule has 2 amide bonds. The summed E-state index contributed by atoms with van der Waals surface area (Å²) in [6.07, 6.45) is 10.4. The van der Waals surface area contributed by atoms with E-state index in [9.17, 15) is 4.79 Å². The molecule has 23 heavy (non-hydrogen) atoms. The van der Waals surface area contributed by atoms with Gasteiger partial charge < -0.3 is 19.7 Å². The summed E-state index contributed by atoms with van der Waals surface area (Å²) >= 11 is 0. The van der Waals surface area contributed by atoms with Crippen molar-refractivity contribution < 1.29 is 14.3 Å². The minimum Gasteiger partial charge on any atom is -0.347 e. The van der Waals surface area contributed by atoms with Crippen LogP contribution in [0, 0.1) is 5.92 Å². The number of carbonyl (C=O) groups is 1. The fourth-order valence-electron chi connectivity index (χ4n) is 3.93. The summed E-state index contributed by atoms with van der Waals surface area (Å²) in [5.41, 5.74) is 1.51. The van der Waals surface area contributed by atoms with Gasteiger partial charge in [0.15, 0.2) is 5.79 Å². The second kappa shape index (κ2) is 7.67. The summed E-state index contributed by atoms with van der Waals surface area (Å²) < 4.78 is 11.6. The van der Waals surface area contributed by atoms with E-state index in [0.29, 0.717) is 13.2 Å². The molecule has 0 aromatic heterocycles. The van der Waals surface area contributed by atoms with E-state index < -0.39 is 5.79 Å². The molecule has 3 rings (SSSR count). The number of amides is 2. The summed E-state index contributed by atoms with van der Waals surface area (Å²) in [5, 5.41) is 3.09. The Balaban J connectivity index is 1.44. The first kappa shape index (κ1) is 16.8. The van der Waals surface area contributed by atoms with E-state index in [4.69, 9.17) is 9.47 Å². The van der Waals surface area contributed by atoms with Gasteiger partial charge >= 0.3 is 6.03 Å². The molecule has 5 heteroatoms. The van der Waals surface area contributed by atoms with E-state index in [1.807, 2.05) is 11.8 Å². The number of nitrogens with one attached hydrogen (secondary N) is 1. The van der Waals surface area contributed by atoms with Crippen molar-refractivity contribution in [2.24, 2.45) is 5.92 Å². The molecule has 2 saturated heterocycles. The molecule has 2 aliphatic heterocycles. The maximum absolute atomic E-state index is 12.4. The zero-order valence-electron chi connectivity index (χ0n) is 14.3. The van der Waals surface area contributed by atoms with Gasteiger partial charge in [-0.1, -0.05) is 11.6 Å². The van der Waals surface area contributed by atoms with Crippen LogP contribution in [0.25, 0.3) is 0 Å². The van der Waals surface area contributed by atoms with Crippen LogP contribution in [0.15, 0.2) is 11.6 Å². The van der Waals surface area contributed by atoms with Gasteiger partial charge in [0.1, 0.15) is 0 Å². The smallest absolute Gasteiger partial charge is 0.317 e. The Labute approximate surface area is 139 Å². The Morgan fingerprint density at radius 2 is 2.17 bits per heavy atom. The zero-order valence-corrected chi connectivity index (χ0v) is 14.3. The molecule has 0 saturated carbocycles. The molecule has 3 aliphatic rings. The predicted molar refractivity (Wildman–Crippen MR) is 89.2 cm³/mol. The summed E-state index contributed by atoms with van der Waals surface area (Å²) in [7, 11) is 0. The van der Waals surface area contributed by atoms with Gasteiger partial charge in [-0.3, -0.25) is 0 Å². The van der Waals surface area contributed by atoms with Crippen molar-refractivity contribution in [3.8, 4) is 0 Å². The highest BCUT2D eigenvalue weighted by Gasteiger charge is 2.42. The van der Waals surface area contributed by atoms with Gasteiger partial charge in [0, 0.05) is 25.6 Å². The molecule has 0 radical (unpaired) electrons. The molecule has 5 nitrogen and oxygen atoms in total. The third-order valence-corrected chi connectivity index (χ3v) is 5.42. The average molecular weight is 322 g/mol. The molecule has 0 aromatic carbocycles. The third-order valence-electron chi connectivity index (χ3n) is 5.42. The lowest BCUT2D eigenvalue weighted by molar-refractivity contribution is -0.189. The van der Waals surface area contributed by atoms with Gasteiger partial charge in [0.2, 0.25) is 0 Å². The first-order valence-corrected chi connectivity index (χ1v) is 9.16. The summed E-state index contributed by atoms with van der Waals surface area (Å²) in [4.78, 5) is 14.3. The third kappa shape index (κ3) is 4.27. The van der Waals surface area contributed by atoms with Crippen molar-refractivity contribution in [2.75, 3.05) is 32.8 Å². The van der Waals surface area contributed by atoms with E-state index >= 15 is 0 Å². The SMILES string of the molecule is CC1([C@H]2CCCN(C(=O)NCCC3=CCCCC3)C2)OCCO1. The Bertz CT molecular complexity index is 444. The van der Waals surface area contributed by atoms with Crippen LogP contribution in [-0.4, -0.2) is 49.6 Å². The molecule has 0 bridgehead atoms. The maximum atomic E-state index is 12.4. The molecular formula is C18H30N2O3. The normalized spacial score (nSPS) is 27.6. The molecule has 0 aromatic rings. The van der Waals surface area contributed by atoms with Gasteiger partial charge in [-0.25, -0.2) is 4.79 Å². The second-order valence-corrected chi connectivity index (χ2v) is 7.09. The molecule has 1 aliphatic carbocycles. The van der Waals surface area contributed by atoms with E-state index in [1.54, 1.807) is 0 Å². The van der Waals surface area contributed by atoms with Crippen LogP contribution < -0.4 is 5.32 Å². The molecule has 0 unspecified atom stereocenters. The lowest BCUT2D eigenvalue weighted by Gasteiger charge is -2.39. The highest BCUT2D eigenvalue weighted by atomic mass is 16.7. The highest BCUT2D eigenvalue weighted by molar-refractivity contribution is 5.74. The van der Waals surface area contributed by atoms with E-state index in [2.05, 4.69) is 11.4 Å². The van der Waals surface area contributed by atoms with Crippen molar-refractivity contribution in [3.05, 3.63) is 11.6 Å². The van der Waals surface area contributed by atoms with E-state index in [0.717, 1.165) is 38.9 Å². The second-order valence-electron chi connectivity index (χ2n) is 7.09. The van der Waals surface area contributed by atoms with Gasteiger partial charge in [-0.05, 0) is 51.9 Å². The molecule has 2 heterocycles. The standard InChI is InChI=1S/C18H30N2O3/c1-18(22-12-13-23-18)16-8-5-11-20(14-16)17(21)19-10-9-15-6-3-2-4-7-15/h6,16H,2-5,7-14H2,1H3,(H,19,21)/t16-/m0/s1. The number of carbonyl (C=O) groups excluding carboxylic acids is 1. The number of rotatable bonds is 4. The van der Waals surface area contributed by atoms with Crippen LogP contribution in [-0.2, 0) is 9.47 Å². The fourth-order valence-corrected chi connectivity index (χ4v) is 3.93. The van der Waals surface area contributed by atoms with Crippen LogP contribution >= 0.6 is 0 Å². The van der Waals surface area contributed by atoms with Crippen LogP contribution in [0.3, 0.4) is 0 Å². The Morgan fingerprint density at radius 3 is 2.91 bits per heavy atom. The van der Waals surface area contributed by atoms with Crippen molar-refractivity contribution >= 4 is 6.03 Å². The van der Waals surface area contributed by atoms with Gasteiger partial charge in [0.05, 0.1) is 13.2 Å². The molecule has 1 N–H and O–H groups in total. The maximum Gasteiger partial charge on any atom is 0.317 e. The van der Waals surface area contributed by atoms with Crippen LogP contribution in [0.2, 0.25) is 0 Å². The van der Waals surface area contributed by atoms with Gasteiger partial charge in [-0.15, -0.1) is 0 Å². The number of hydrogen-bond donors (Lipinski definition) is 1. The van der Waals surface area contributed by atoms with Crippen molar-refractivity contribution in [1.29, 1.82) is 0 Å². The number of piperidine rings is 1. The number of likely N-dealkylation sites (tertiary alicyclic amines) is 1. The van der Waals surface area contributed by atoms with Crippen LogP contribution in [0.1, 0.15) is 51.9 Å². The molecule has 130 valence electrons. The lowest BCUT2D eigenvalue weighted by Crippen LogP contribution is -2.51. The number of ether oxygens (including phenoxy) is 2. The van der Waals surface area contributed by atoms with Crippen molar-refractivity contribution in [3.63, 3.8) is 0 Å². The first-order chi connectivity index (χ1) is 11.2. The molecular weight excluding hydrogens is 292 g/mol. The molecule has 2 fully saturated rings. The number of allylic oxidation sites excluding steroid dienone is 1. The minimum absolute atomic E-state index is 0.0627. The quantitative estimate of drug-likeness (QED) is 0.809. The van der Waals surface area contributed by atoms with Crippen molar-refractivity contribution in [1.82, 2.24) is 10.2 Å². The van der Waals surface area contributed by atoms with E-state index in [-0.39, 0.29) is 11.9 Å². The predicted octanol–water partition coefficient (Wildman–Crippen LogP) is 3.06. The Hall–Kier alpha value is -1.07. The highest BCUT2D eigenvalue weighted by Crippen LogP contribution is 2.34. The molecule has 0 spiro atoms. The summed E-state index contributed by atoms with van der Waals surface area (Å²) in [6, 6.07) is 0.0627. The lowest BCUT2D eigenvalue weighted by atomic mass is 9.90. The number of hydrogen-bond acceptors (Lipinski definition) is 3. The zero-order chi connectivity index (χ0) is 16.1. The summed E-state index contributed by atoms with van der Waals surface area (Å²) in [6.45, 7) is 5.65. The van der Waals surface area contributed by atoms with Gasteiger partial charge in [-0.2, -0.15) is 0 Å². The van der Waals surface area contributed by atoms with Crippen LogP contribution in [0.5, 0.6) is 0 Å². The first-order valence-electron chi connectivity index (χ1n) is 9.16. The molecule has 1 atom stereocenters. The monoisotopic (exact) mass is 322 g/mol. The van der Waals surface area contributed by atoms with E-state index in [1.165, 1.54) is 31.3 Å². The Morgan fingerprint density at radius 1 is 1.35 bits per heavy atom. The number of urea groups is 1. The number of nitrogens with zero attached hydrogens (tertiary/aromatic N) is 1. The minimum atomic E-state index is -0.508. The van der Waals surface area contributed by atoms with Crippen molar-refractivity contribution in [2.45, 2.75) is 57.7 Å². The largest absolute Gasteiger partial charge is 0.347 e.